The fourth-order valence-corrected chi connectivity index (χ4v) is 4.93. The van der Waals surface area contributed by atoms with Crippen molar-refractivity contribution < 1.29 is 14.3 Å². The Morgan fingerprint density at radius 1 is 0.977 bits per heavy atom. The predicted octanol–water partition coefficient (Wildman–Crippen LogP) is 4.32. The van der Waals surface area contributed by atoms with Crippen LogP contribution in [0, 0.1) is 0 Å². The van der Waals surface area contributed by atoms with Gasteiger partial charge in [-0.2, -0.15) is 4.98 Å². The molecule has 3 N–H and O–H groups in total. The first-order valence-electron chi connectivity index (χ1n) is 14.5. The van der Waals surface area contributed by atoms with Crippen molar-refractivity contribution in [3.63, 3.8) is 0 Å². The van der Waals surface area contributed by atoms with E-state index in [1.807, 2.05) is 49.8 Å². The Kier molecular flexibility index (Phi) is 9.19. The van der Waals surface area contributed by atoms with Crippen LogP contribution >= 0.6 is 0 Å². The van der Waals surface area contributed by atoms with Crippen molar-refractivity contribution in [2.45, 2.75) is 58.7 Å². The molecule has 1 aromatic carbocycles. The number of amides is 2. The molecule has 5 rings (SSSR count). The van der Waals surface area contributed by atoms with Gasteiger partial charge < -0.3 is 25.0 Å². The summed E-state index contributed by atoms with van der Waals surface area (Å²) < 4.78 is 12.8. The predicted molar refractivity (Wildman–Crippen MR) is 165 cm³/mol. The molecule has 1 aliphatic rings. The molecule has 0 spiro atoms. The van der Waals surface area contributed by atoms with E-state index in [1.165, 1.54) is 19.3 Å². The molecule has 0 unspecified atom stereocenters. The Morgan fingerprint density at radius 3 is 2.42 bits per heavy atom. The lowest BCUT2D eigenvalue weighted by molar-refractivity contribution is 0.217. The van der Waals surface area contributed by atoms with Crippen LogP contribution in [0.5, 0.6) is 11.5 Å². The lowest BCUT2D eigenvalue weighted by atomic mass is 10.0. The topological polar surface area (TPSA) is 144 Å². The number of methoxy groups -OCH3 is 2. The Hall–Kier alpha value is -4.52. The third-order valence-electron chi connectivity index (χ3n) is 7.06. The molecule has 43 heavy (non-hydrogen) atoms. The Labute approximate surface area is 251 Å². The van der Waals surface area contributed by atoms with Crippen molar-refractivity contribution in [1.29, 1.82) is 0 Å². The Bertz CT molecular complexity index is 1540. The number of fused-ring (bicyclic) bond motifs is 1. The number of hydrogen-bond acceptors (Lipinski definition) is 10. The maximum Gasteiger partial charge on any atom is 0.320 e. The summed E-state index contributed by atoms with van der Waals surface area (Å²) in [6, 6.07) is 7.00. The second kappa shape index (κ2) is 13.2. The van der Waals surface area contributed by atoms with Crippen LogP contribution in [0.3, 0.4) is 0 Å². The standard InChI is InChI=1S/C30H40N10O3/c1-30(2,3)36-29(41)35-27-25(20-13-23(42-4)16-24(14-20)43-5)15-21-17-31-28(34-26(21)33-27)32-18-22-19-40(38-37-22)12-11-39-9-7-6-8-10-39/h13-17,19H,6-12,18H2,1-5H3,(H3,31,32,33,34,35,36,41). The maximum absolute atomic E-state index is 12.9. The zero-order valence-electron chi connectivity index (χ0n) is 25.5. The zero-order chi connectivity index (χ0) is 30.4. The summed E-state index contributed by atoms with van der Waals surface area (Å²) in [7, 11) is 3.18. The number of piperidine rings is 1. The van der Waals surface area contributed by atoms with E-state index in [0.717, 1.165) is 37.4 Å². The van der Waals surface area contributed by atoms with E-state index >= 15 is 0 Å². The number of nitrogens with one attached hydrogen (secondary N) is 3. The van der Waals surface area contributed by atoms with Gasteiger partial charge in [0.25, 0.3) is 0 Å². The van der Waals surface area contributed by atoms with E-state index in [4.69, 9.17) is 14.5 Å². The number of pyridine rings is 1. The molecular formula is C30H40N10O3. The monoisotopic (exact) mass is 588 g/mol. The van der Waals surface area contributed by atoms with Crippen LogP contribution in [-0.4, -0.2) is 80.3 Å². The number of aromatic nitrogens is 6. The summed E-state index contributed by atoms with van der Waals surface area (Å²) in [5, 5.41) is 18.3. The SMILES string of the molecule is COc1cc(OC)cc(-c2cc3cnc(NCc4cn(CCN5CCCCC5)nn4)nc3nc2NC(=O)NC(C)(C)C)c1. The van der Waals surface area contributed by atoms with E-state index in [2.05, 4.69) is 41.1 Å². The molecule has 4 heterocycles. The van der Waals surface area contributed by atoms with Gasteiger partial charge in [-0.05, 0) is 70.5 Å². The summed E-state index contributed by atoms with van der Waals surface area (Å²) in [5.74, 6) is 1.95. The van der Waals surface area contributed by atoms with Gasteiger partial charge in [0.05, 0.1) is 33.5 Å². The second-order valence-corrected chi connectivity index (χ2v) is 11.7. The lowest BCUT2D eigenvalue weighted by Gasteiger charge is -2.25. The molecule has 0 bridgehead atoms. The highest BCUT2D eigenvalue weighted by atomic mass is 16.5. The van der Waals surface area contributed by atoms with Crippen LogP contribution in [0.25, 0.3) is 22.2 Å². The molecule has 0 radical (unpaired) electrons. The van der Waals surface area contributed by atoms with Gasteiger partial charge in [0.1, 0.15) is 23.0 Å². The minimum Gasteiger partial charge on any atom is -0.497 e. The smallest absolute Gasteiger partial charge is 0.320 e. The molecule has 2 amide bonds. The van der Waals surface area contributed by atoms with Crippen molar-refractivity contribution >= 4 is 28.8 Å². The van der Waals surface area contributed by atoms with Crippen LogP contribution < -0.4 is 25.4 Å². The summed E-state index contributed by atoms with van der Waals surface area (Å²) in [4.78, 5) is 29.2. The summed E-state index contributed by atoms with van der Waals surface area (Å²) in [5.41, 5.74) is 2.20. The van der Waals surface area contributed by atoms with Crippen LogP contribution in [0.15, 0.2) is 36.7 Å². The van der Waals surface area contributed by atoms with Crippen molar-refractivity contribution in [3.8, 4) is 22.6 Å². The molecule has 0 atom stereocenters. The van der Waals surface area contributed by atoms with Gasteiger partial charge in [0.2, 0.25) is 5.95 Å². The van der Waals surface area contributed by atoms with Gasteiger partial charge in [0.15, 0.2) is 5.65 Å². The van der Waals surface area contributed by atoms with E-state index in [0.29, 0.717) is 46.4 Å². The molecule has 3 aromatic heterocycles. The third-order valence-corrected chi connectivity index (χ3v) is 7.06. The minimum absolute atomic E-state index is 0.339. The molecule has 4 aromatic rings. The molecule has 1 fully saturated rings. The van der Waals surface area contributed by atoms with Crippen LogP contribution in [0.2, 0.25) is 0 Å². The van der Waals surface area contributed by atoms with Crippen molar-refractivity contribution in [3.05, 3.63) is 42.4 Å². The Balaban J connectivity index is 1.36. The Morgan fingerprint density at radius 2 is 1.72 bits per heavy atom. The van der Waals surface area contributed by atoms with Crippen molar-refractivity contribution in [2.75, 3.05) is 44.5 Å². The molecule has 0 aliphatic carbocycles. The molecule has 0 saturated carbocycles. The molecule has 1 saturated heterocycles. The number of rotatable bonds is 10. The number of urea groups is 1. The normalized spacial score (nSPS) is 14.0. The molecular weight excluding hydrogens is 548 g/mol. The number of carbonyl (C=O) groups is 1. The third kappa shape index (κ3) is 8.07. The number of nitrogens with zero attached hydrogens (tertiary/aromatic N) is 7. The zero-order valence-corrected chi connectivity index (χ0v) is 25.5. The number of ether oxygens (including phenoxy) is 2. The first kappa shape index (κ1) is 30.0. The van der Waals surface area contributed by atoms with Gasteiger partial charge in [-0.3, -0.25) is 10.00 Å². The van der Waals surface area contributed by atoms with Gasteiger partial charge in [-0.15, -0.1) is 5.10 Å². The summed E-state index contributed by atoms with van der Waals surface area (Å²) in [6.07, 6.45) is 7.51. The van der Waals surface area contributed by atoms with E-state index in [-0.39, 0.29) is 6.03 Å². The number of carbonyl (C=O) groups excluding carboxylic acids is 1. The minimum atomic E-state index is -0.436. The number of likely N-dealkylation sites (tertiary alicyclic amines) is 1. The van der Waals surface area contributed by atoms with E-state index in [9.17, 15) is 4.79 Å². The fraction of sp³-hybridized carbons (Fsp3) is 0.467. The average Bonchev–Trinajstić information content (AvgIpc) is 3.45. The fourth-order valence-electron chi connectivity index (χ4n) is 4.93. The highest BCUT2D eigenvalue weighted by molar-refractivity contribution is 5.96. The number of benzene rings is 1. The number of anilines is 2. The summed E-state index contributed by atoms with van der Waals surface area (Å²) >= 11 is 0. The van der Waals surface area contributed by atoms with Gasteiger partial charge in [0, 0.05) is 35.3 Å². The van der Waals surface area contributed by atoms with Crippen LogP contribution in [0.1, 0.15) is 45.7 Å². The van der Waals surface area contributed by atoms with Crippen LogP contribution in [0.4, 0.5) is 16.6 Å². The summed E-state index contributed by atoms with van der Waals surface area (Å²) in [6.45, 7) is 10.2. The quantitative estimate of drug-likeness (QED) is 0.245. The molecule has 13 nitrogen and oxygen atoms in total. The lowest BCUT2D eigenvalue weighted by Crippen LogP contribution is -2.43. The van der Waals surface area contributed by atoms with Crippen molar-refractivity contribution in [1.82, 2.24) is 40.2 Å². The van der Waals surface area contributed by atoms with Gasteiger partial charge in [-0.1, -0.05) is 11.6 Å². The van der Waals surface area contributed by atoms with Gasteiger partial charge in [-0.25, -0.2) is 14.8 Å². The maximum atomic E-state index is 12.9. The molecule has 228 valence electrons. The largest absolute Gasteiger partial charge is 0.497 e. The van der Waals surface area contributed by atoms with E-state index in [1.54, 1.807) is 26.5 Å². The van der Waals surface area contributed by atoms with E-state index < -0.39 is 5.54 Å². The average molecular weight is 589 g/mol. The van der Waals surface area contributed by atoms with Crippen molar-refractivity contribution in [2.24, 2.45) is 0 Å². The highest BCUT2D eigenvalue weighted by Crippen LogP contribution is 2.35. The molecule has 13 heteroatoms. The first-order chi connectivity index (χ1) is 20.7. The molecule has 1 aliphatic heterocycles. The van der Waals surface area contributed by atoms with Crippen LogP contribution in [-0.2, 0) is 13.1 Å². The van der Waals surface area contributed by atoms with Gasteiger partial charge >= 0.3 is 6.03 Å². The second-order valence-electron chi connectivity index (χ2n) is 11.7. The number of hydrogen-bond donors (Lipinski definition) is 3. The first-order valence-corrected chi connectivity index (χ1v) is 14.5. The highest BCUT2D eigenvalue weighted by Gasteiger charge is 2.19.